The molecule has 0 fully saturated rings. The fraction of sp³-hybridized carbons (Fsp3) is 0.391. The van der Waals surface area contributed by atoms with Crippen LogP contribution in [0.2, 0.25) is 0 Å². The third-order valence-corrected chi connectivity index (χ3v) is 6.05. The first kappa shape index (κ1) is 24.1. The number of aryl methyl sites for hydroxylation is 1. The smallest absolute Gasteiger partial charge is 0.256 e. The number of nitrogens with zero attached hydrogens (tertiary/aromatic N) is 5. The molecule has 7 nitrogen and oxygen atoms in total. The average molecular weight is 551 g/mol. The van der Waals surface area contributed by atoms with Crippen molar-refractivity contribution in [3.63, 3.8) is 0 Å². The van der Waals surface area contributed by atoms with Crippen molar-refractivity contribution in [2.75, 3.05) is 18.1 Å². The number of halogens is 2. The van der Waals surface area contributed by atoms with E-state index in [1.807, 2.05) is 32.2 Å². The molecule has 0 saturated heterocycles. The fourth-order valence-electron chi connectivity index (χ4n) is 3.77. The van der Waals surface area contributed by atoms with E-state index in [4.69, 9.17) is 4.74 Å². The van der Waals surface area contributed by atoms with Crippen molar-refractivity contribution >= 4 is 28.5 Å². The van der Waals surface area contributed by atoms with Gasteiger partial charge in [0.25, 0.3) is 5.91 Å². The Morgan fingerprint density at radius 1 is 1.25 bits per heavy atom. The molecule has 0 N–H and O–H groups in total. The van der Waals surface area contributed by atoms with Crippen LogP contribution in [-0.4, -0.2) is 54.9 Å². The van der Waals surface area contributed by atoms with Crippen LogP contribution < -0.4 is 4.74 Å². The first-order valence-corrected chi connectivity index (χ1v) is 12.0. The highest BCUT2D eigenvalue weighted by Gasteiger charge is 2.29. The highest BCUT2D eigenvalue weighted by Crippen LogP contribution is 2.24. The van der Waals surface area contributed by atoms with Crippen LogP contribution in [0.15, 0.2) is 48.9 Å². The largest absolute Gasteiger partial charge is 0.477 e. The van der Waals surface area contributed by atoms with E-state index in [0.717, 1.165) is 29.0 Å². The molecule has 0 saturated carbocycles. The molecule has 0 bridgehead atoms. The van der Waals surface area contributed by atoms with Crippen LogP contribution >= 0.6 is 22.6 Å². The summed E-state index contributed by atoms with van der Waals surface area (Å²) in [6.45, 7) is 4.41. The molecule has 0 spiro atoms. The lowest BCUT2D eigenvalue weighted by Crippen LogP contribution is -2.44. The molecule has 0 aliphatic carbocycles. The van der Waals surface area contributed by atoms with Gasteiger partial charge in [0.2, 0.25) is 5.88 Å². The lowest BCUT2D eigenvalue weighted by molar-refractivity contribution is 0.0613. The van der Waals surface area contributed by atoms with E-state index >= 15 is 0 Å². The molecule has 9 heteroatoms. The number of pyridine rings is 1. The van der Waals surface area contributed by atoms with Crippen molar-refractivity contribution in [3.8, 4) is 11.6 Å². The second kappa shape index (κ2) is 11.3. The Morgan fingerprint density at radius 3 is 2.62 bits per heavy atom. The molecule has 1 aromatic carbocycles. The van der Waals surface area contributed by atoms with Crippen molar-refractivity contribution in [2.24, 2.45) is 5.92 Å². The normalized spacial score (nSPS) is 12.9. The van der Waals surface area contributed by atoms with Crippen LogP contribution in [0.25, 0.3) is 5.69 Å². The molecule has 2 aromatic heterocycles. The van der Waals surface area contributed by atoms with Gasteiger partial charge in [-0.15, -0.1) is 0 Å². The molecule has 0 radical (unpaired) electrons. The van der Waals surface area contributed by atoms with Crippen molar-refractivity contribution in [1.29, 1.82) is 0 Å². The molecule has 3 rings (SSSR count). The van der Waals surface area contributed by atoms with Crippen LogP contribution in [0.5, 0.6) is 5.88 Å². The second-order valence-corrected chi connectivity index (χ2v) is 8.67. The topological polar surface area (TPSA) is 73.1 Å². The molecule has 0 aliphatic rings. The van der Waals surface area contributed by atoms with Gasteiger partial charge in [0, 0.05) is 25.1 Å². The summed E-state index contributed by atoms with van der Waals surface area (Å²) in [6, 6.07) is 8.47. The molecule has 2 atom stereocenters. The maximum absolute atomic E-state index is 13.6. The summed E-state index contributed by atoms with van der Waals surface area (Å²) in [4.78, 5) is 20.8. The van der Waals surface area contributed by atoms with Gasteiger partial charge in [-0.3, -0.25) is 4.79 Å². The van der Waals surface area contributed by atoms with Crippen LogP contribution in [-0.2, 0) is 0 Å². The minimum absolute atomic E-state index is 0.0448. The molecular weight excluding hydrogens is 524 g/mol. The molecule has 2 heterocycles. The predicted molar refractivity (Wildman–Crippen MR) is 129 cm³/mol. The Hall–Kier alpha value is -2.56. The monoisotopic (exact) mass is 551 g/mol. The summed E-state index contributed by atoms with van der Waals surface area (Å²) in [5, 5.41) is 8.39. The van der Waals surface area contributed by atoms with E-state index in [9.17, 15) is 9.18 Å². The van der Waals surface area contributed by atoms with E-state index in [1.165, 1.54) is 16.9 Å². The summed E-state index contributed by atoms with van der Waals surface area (Å²) in [5.41, 5.74) is 2.18. The Bertz CT molecular complexity index is 1010. The highest BCUT2D eigenvalue weighted by molar-refractivity contribution is 14.1. The number of amides is 1. The second-order valence-electron chi connectivity index (χ2n) is 7.59. The van der Waals surface area contributed by atoms with Gasteiger partial charge in [0.05, 0.1) is 36.4 Å². The van der Waals surface area contributed by atoms with E-state index < -0.39 is 5.82 Å². The minimum atomic E-state index is -0.404. The maximum atomic E-state index is 13.6. The zero-order valence-electron chi connectivity index (χ0n) is 18.4. The third kappa shape index (κ3) is 5.81. The minimum Gasteiger partial charge on any atom is -0.477 e. The molecular formula is C23H27FIN5O2. The van der Waals surface area contributed by atoms with Crippen molar-refractivity contribution < 1.29 is 13.9 Å². The molecule has 3 aromatic rings. The third-order valence-electron chi connectivity index (χ3n) is 5.42. The number of carbonyl (C=O) groups excluding carboxylic acids is 1. The fourth-order valence-corrected chi connectivity index (χ4v) is 4.57. The first-order valence-electron chi connectivity index (χ1n) is 10.5. The lowest BCUT2D eigenvalue weighted by atomic mass is 9.93. The van der Waals surface area contributed by atoms with Crippen LogP contribution in [0, 0.1) is 18.7 Å². The highest BCUT2D eigenvalue weighted by atomic mass is 127. The Balaban J connectivity index is 1.82. The summed E-state index contributed by atoms with van der Waals surface area (Å²) in [7, 11) is 1.83. The van der Waals surface area contributed by atoms with Crippen molar-refractivity contribution in [1.82, 2.24) is 24.9 Å². The van der Waals surface area contributed by atoms with E-state index in [0.29, 0.717) is 23.7 Å². The van der Waals surface area contributed by atoms with Gasteiger partial charge in [-0.25, -0.2) is 9.37 Å². The Labute approximate surface area is 201 Å². The number of aromatic nitrogens is 4. The quantitative estimate of drug-likeness (QED) is 0.275. The number of rotatable bonds is 10. The van der Waals surface area contributed by atoms with Gasteiger partial charge in [0.1, 0.15) is 5.82 Å². The van der Waals surface area contributed by atoms with E-state index in [-0.39, 0.29) is 17.9 Å². The van der Waals surface area contributed by atoms with Gasteiger partial charge in [-0.1, -0.05) is 41.1 Å². The zero-order valence-corrected chi connectivity index (χ0v) is 20.6. The standard InChI is InChI=1S/C23H27FIN5O2/c1-4-20(17(9-10-25)15-32-22-8-6-18(24)14-26-22)29(3)23(31)19-13-16(2)5-7-21(19)30-27-11-12-28-30/h5-8,11-14,17,20H,4,9-10,15H2,1-3H3. The lowest BCUT2D eigenvalue weighted by Gasteiger charge is -2.34. The zero-order chi connectivity index (χ0) is 23.1. The predicted octanol–water partition coefficient (Wildman–Crippen LogP) is 4.48. The van der Waals surface area contributed by atoms with Gasteiger partial charge < -0.3 is 9.64 Å². The van der Waals surface area contributed by atoms with Gasteiger partial charge in [0.15, 0.2) is 0 Å². The van der Waals surface area contributed by atoms with Gasteiger partial charge >= 0.3 is 0 Å². The number of hydrogen-bond acceptors (Lipinski definition) is 5. The molecule has 0 aliphatic heterocycles. The molecule has 2 unspecified atom stereocenters. The summed E-state index contributed by atoms with van der Waals surface area (Å²) in [5.74, 6) is -0.0296. The van der Waals surface area contributed by atoms with Gasteiger partial charge in [-0.05, 0) is 42.4 Å². The SMILES string of the molecule is CCC(C(CCI)COc1ccc(F)cn1)N(C)C(=O)c1cc(C)ccc1-n1nccn1. The number of benzene rings is 1. The van der Waals surface area contributed by atoms with Crippen molar-refractivity contribution in [3.05, 3.63) is 65.9 Å². The van der Waals surface area contributed by atoms with Gasteiger partial charge in [-0.2, -0.15) is 15.0 Å². The molecule has 1 amide bonds. The number of carbonyl (C=O) groups is 1. The number of ether oxygens (including phenoxy) is 1. The number of hydrogen-bond donors (Lipinski definition) is 0. The summed E-state index contributed by atoms with van der Waals surface area (Å²) < 4.78 is 19.9. The first-order chi connectivity index (χ1) is 15.4. The van der Waals surface area contributed by atoms with Crippen LogP contribution in [0.3, 0.4) is 0 Å². The van der Waals surface area contributed by atoms with Crippen LogP contribution in [0.1, 0.15) is 35.7 Å². The van der Waals surface area contributed by atoms with E-state index in [2.05, 4.69) is 44.7 Å². The Kier molecular flexibility index (Phi) is 8.54. The average Bonchev–Trinajstić information content (AvgIpc) is 3.33. The molecule has 32 heavy (non-hydrogen) atoms. The Morgan fingerprint density at radius 2 is 2.00 bits per heavy atom. The van der Waals surface area contributed by atoms with E-state index in [1.54, 1.807) is 17.3 Å². The number of alkyl halides is 1. The summed E-state index contributed by atoms with van der Waals surface area (Å²) in [6.07, 6.45) is 5.95. The molecule has 170 valence electrons. The maximum Gasteiger partial charge on any atom is 0.256 e. The summed E-state index contributed by atoms with van der Waals surface area (Å²) >= 11 is 2.34. The van der Waals surface area contributed by atoms with Crippen molar-refractivity contribution in [2.45, 2.75) is 32.7 Å². The van der Waals surface area contributed by atoms with Crippen LogP contribution in [0.4, 0.5) is 4.39 Å².